The Balaban J connectivity index is 0.000000156. The van der Waals surface area contributed by atoms with Crippen LogP contribution in [0.25, 0.3) is 0 Å². The van der Waals surface area contributed by atoms with Gasteiger partial charge in [-0.1, -0.05) is 54.2 Å². The lowest BCUT2D eigenvalue weighted by Crippen LogP contribution is -2.12. The van der Waals surface area contributed by atoms with E-state index in [0.29, 0.717) is 24.2 Å². The van der Waals surface area contributed by atoms with Crippen LogP contribution in [-0.2, 0) is 22.7 Å². The predicted molar refractivity (Wildman–Crippen MR) is 150 cm³/mol. The molecule has 4 nitrogen and oxygen atoms in total. The zero-order valence-corrected chi connectivity index (χ0v) is 22.6. The van der Waals surface area contributed by atoms with Crippen molar-refractivity contribution in [1.29, 1.82) is 0 Å². The van der Waals surface area contributed by atoms with Gasteiger partial charge < -0.3 is 0 Å². The first kappa shape index (κ1) is 26.1. The van der Waals surface area contributed by atoms with Crippen molar-refractivity contribution >= 4 is 33.2 Å². The maximum absolute atomic E-state index is 12.5. The molecule has 38 heavy (non-hydrogen) atoms. The van der Waals surface area contributed by atoms with Crippen molar-refractivity contribution in [3.63, 3.8) is 0 Å². The lowest BCUT2D eigenvalue weighted by Gasteiger charge is -2.15. The number of hydrogen-bond donors (Lipinski definition) is 0. The number of rotatable bonds is 4. The summed E-state index contributed by atoms with van der Waals surface area (Å²) in [6.45, 7) is 0. The molecule has 0 bridgehead atoms. The van der Waals surface area contributed by atoms with Gasteiger partial charge in [0.15, 0.2) is 11.6 Å². The Morgan fingerprint density at radius 1 is 0.526 bits per heavy atom. The SMILES string of the molecule is O=C1CCCc2cc(S(=O)(=O)c3ccccc3)ccc21.O=C1CCCc2cc(Sc3ccccc3)ccc21. The summed E-state index contributed by atoms with van der Waals surface area (Å²) in [5.41, 5.74) is 3.66. The predicted octanol–water partition coefficient (Wildman–Crippen LogP) is 7.40. The molecule has 0 N–H and O–H groups in total. The number of carbonyl (C=O) groups is 2. The zero-order valence-electron chi connectivity index (χ0n) is 20.9. The Morgan fingerprint density at radius 2 is 1.08 bits per heavy atom. The maximum atomic E-state index is 12.5. The zero-order chi connectivity index (χ0) is 26.5. The highest BCUT2D eigenvalue weighted by molar-refractivity contribution is 7.99. The van der Waals surface area contributed by atoms with Gasteiger partial charge in [-0.2, -0.15) is 0 Å². The first-order chi connectivity index (χ1) is 18.4. The number of fused-ring (bicyclic) bond motifs is 2. The van der Waals surface area contributed by atoms with Gasteiger partial charge >= 0.3 is 0 Å². The van der Waals surface area contributed by atoms with E-state index >= 15 is 0 Å². The molecule has 0 amide bonds. The Hall–Kier alpha value is -3.48. The van der Waals surface area contributed by atoms with Crippen LogP contribution in [0.4, 0.5) is 0 Å². The van der Waals surface area contributed by atoms with Crippen molar-refractivity contribution in [2.24, 2.45) is 0 Å². The van der Waals surface area contributed by atoms with Crippen molar-refractivity contribution in [3.05, 3.63) is 119 Å². The molecule has 0 unspecified atom stereocenters. The van der Waals surface area contributed by atoms with E-state index in [9.17, 15) is 18.0 Å². The average Bonchev–Trinajstić information content (AvgIpc) is 2.94. The van der Waals surface area contributed by atoms with Crippen LogP contribution in [0.5, 0.6) is 0 Å². The van der Waals surface area contributed by atoms with E-state index in [0.717, 1.165) is 36.8 Å². The number of aryl methyl sites for hydroxylation is 2. The van der Waals surface area contributed by atoms with E-state index in [2.05, 4.69) is 24.3 Å². The van der Waals surface area contributed by atoms with Gasteiger partial charge in [0.25, 0.3) is 0 Å². The molecule has 0 aromatic heterocycles. The molecule has 0 radical (unpaired) electrons. The fraction of sp³-hybridized carbons (Fsp3) is 0.188. The Kier molecular flexibility index (Phi) is 7.91. The number of ketones is 2. The fourth-order valence-electron chi connectivity index (χ4n) is 4.84. The normalized spacial score (nSPS) is 14.6. The number of benzene rings is 4. The third-order valence-corrected chi connectivity index (χ3v) is 9.56. The molecule has 2 aliphatic carbocycles. The second kappa shape index (κ2) is 11.5. The molecule has 4 aromatic carbocycles. The second-order valence-corrected chi connectivity index (χ2v) is 12.5. The van der Waals surface area contributed by atoms with Gasteiger partial charge in [0, 0.05) is 33.8 Å². The molecular weight excluding hydrogens is 512 g/mol. The van der Waals surface area contributed by atoms with Gasteiger partial charge in [0.05, 0.1) is 9.79 Å². The van der Waals surface area contributed by atoms with Crippen LogP contribution in [0.1, 0.15) is 57.5 Å². The number of Topliss-reactive ketones (excluding diaryl/α,β-unsaturated/α-hetero) is 2. The van der Waals surface area contributed by atoms with Gasteiger partial charge in [0.1, 0.15) is 0 Å². The fourth-order valence-corrected chi connectivity index (χ4v) is 7.07. The highest BCUT2D eigenvalue weighted by atomic mass is 32.2. The summed E-state index contributed by atoms with van der Waals surface area (Å²) < 4.78 is 25.0. The molecule has 2 aliphatic rings. The number of hydrogen-bond acceptors (Lipinski definition) is 5. The quantitative estimate of drug-likeness (QED) is 0.270. The molecule has 0 saturated carbocycles. The molecule has 0 saturated heterocycles. The van der Waals surface area contributed by atoms with E-state index in [4.69, 9.17) is 0 Å². The standard InChI is InChI=1S/C16H14O3S.C16H14OS/c17-16-8-4-5-12-11-14(9-10-15(12)16)20(18,19)13-6-2-1-3-7-13;17-16-8-4-5-12-11-14(9-10-15(12)16)18-13-6-2-1-3-7-13/h1-3,6-7,9-11H,4-5,8H2;1-3,6-7,9-11H,4-5,8H2. The summed E-state index contributed by atoms with van der Waals surface area (Å²) >= 11 is 1.75. The average molecular weight is 541 g/mol. The summed E-state index contributed by atoms with van der Waals surface area (Å²) in [6, 6.07) is 29.7. The minimum Gasteiger partial charge on any atom is -0.294 e. The van der Waals surface area contributed by atoms with Crippen LogP contribution in [0.15, 0.2) is 117 Å². The van der Waals surface area contributed by atoms with Crippen molar-refractivity contribution in [2.75, 3.05) is 0 Å². The van der Waals surface area contributed by atoms with Gasteiger partial charge in [-0.25, -0.2) is 8.42 Å². The molecule has 6 rings (SSSR count). The van der Waals surface area contributed by atoms with Crippen molar-refractivity contribution in [1.82, 2.24) is 0 Å². The van der Waals surface area contributed by atoms with Crippen LogP contribution in [-0.4, -0.2) is 20.0 Å². The Bertz CT molecular complexity index is 1580. The molecule has 0 heterocycles. The van der Waals surface area contributed by atoms with E-state index in [1.54, 1.807) is 54.2 Å². The molecule has 0 aliphatic heterocycles. The van der Waals surface area contributed by atoms with Crippen molar-refractivity contribution in [3.8, 4) is 0 Å². The topological polar surface area (TPSA) is 68.3 Å². The highest BCUT2D eigenvalue weighted by Gasteiger charge is 2.22. The minimum atomic E-state index is -3.50. The van der Waals surface area contributed by atoms with Gasteiger partial charge in [-0.15, -0.1) is 0 Å². The number of carbonyl (C=O) groups excluding carboxylic acids is 2. The molecule has 0 fully saturated rings. The van der Waals surface area contributed by atoms with E-state index in [-0.39, 0.29) is 15.6 Å². The summed E-state index contributed by atoms with van der Waals surface area (Å²) in [5, 5.41) is 0. The first-order valence-corrected chi connectivity index (χ1v) is 15.1. The van der Waals surface area contributed by atoms with E-state index in [1.807, 2.05) is 24.3 Å². The molecule has 0 spiro atoms. The second-order valence-electron chi connectivity index (χ2n) is 9.42. The lowest BCUT2D eigenvalue weighted by molar-refractivity contribution is 0.0964. The van der Waals surface area contributed by atoms with E-state index < -0.39 is 9.84 Å². The first-order valence-electron chi connectivity index (χ1n) is 12.8. The van der Waals surface area contributed by atoms with Crippen LogP contribution < -0.4 is 0 Å². The van der Waals surface area contributed by atoms with Crippen LogP contribution in [0.2, 0.25) is 0 Å². The Morgan fingerprint density at radius 3 is 1.71 bits per heavy atom. The molecule has 6 heteroatoms. The van der Waals surface area contributed by atoms with Crippen molar-refractivity contribution < 1.29 is 18.0 Å². The van der Waals surface area contributed by atoms with Gasteiger partial charge in [-0.3, -0.25) is 9.59 Å². The summed E-state index contributed by atoms with van der Waals surface area (Å²) in [6.07, 6.45) is 4.84. The summed E-state index contributed by atoms with van der Waals surface area (Å²) in [4.78, 5) is 26.5. The number of sulfone groups is 1. The molecule has 4 aromatic rings. The van der Waals surface area contributed by atoms with E-state index in [1.165, 1.54) is 21.4 Å². The largest absolute Gasteiger partial charge is 0.294 e. The summed E-state index contributed by atoms with van der Waals surface area (Å²) in [5.74, 6) is 0.405. The molecular formula is C32H28O4S2. The van der Waals surface area contributed by atoms with Crippen LogP contribution in [0.3, 0.4) is 0 Å². The molecule has 192 valence electrons. The van der Waals surface area contributed by atoms with Crippen molar-refractivity contribution in [2.45, 2.75) is 58.1 Å². The third kappa shape index (κ3) is 5.82. The minimum absolute atomic E-state index is 0.106. The molecule has 0 atom stereocenters. The lowest BCUT2D eigenvalue weighted by atomic mass is 9.91. The van der Waals surface area contributed by atoms with Crippen LogP contribution in [0, 0.1) is 0 Å². The highest BCUT2D eigenvalue weighted by Crippen LogP contribution is 2.31. The monoisotopic (exact) mass is 540 g/mol. The Labute approximate surface area is 228 Å². The summed E-state index contributed by atoms with van der Waals surface area (Å²) in [7, 11) is -3.50. The van der Waals surface area contributed by atoms with Gasteiger partial charge in [-0.05, 0) is 91.4 Å². The maximum Gasteiger partial charge on any atom is 0.206 e. The third-order valence-electron chi connectivity index (χ3n) is 6.80. The smallest absolute Gasteiger partial charge is 0.206 e. The van der Waals surface area contributed by atoms with Gasteiger partial charge in [0.2, 0.25) is 9.84 Å². The van der Waals surface area contributed by atoms with Crippen LogP contribution >= 0.6 is 11.8 Å².